The minimum Gasteiger partial charge on any atom is -0.391 e. The van der Waals surface area contributed by atoms with Gasteiger partial charge in [0.2, 0.25) is 59.1 Å². The quantitative estimate of drug-likeness (QED) is 0.228. The van der Waals surface area contributed by atoms with Gasteiger partial charge in [-0.1, -0.05) is 78.3 Å². The number of hydrogen-bond acceptors (Lipinski definition) is 14. The highest BCUT2D eigenvalue weighted by molar-refractivity contribution is 7.92. The van der Waals surface area contributed by atoms with Crippen molar-refractivity contribution in [1.29, 1.82) is 0 Å². The predicted molar refractivity (Wildman–Crippen MR) is 317 cm³/mol. The number of hydrogen-bond donors (Lipinski definition) is 4. The van der Waals surface area contributed by atoms with E-state index >= 15 is 0 Å². The Labute approximate surface area is 498 Å². The summed E-state index contributed by atoms with van der Waals surface area (Å²) in [5.74, 6) is -11.5. The number of likely N-dealkylation sites (N-methyl/N-ethyl adjacent to an activating group) is 6. The van der Waals surface area contributed by atoms with Gasteiger partial charge in [-0.25, -0.2) is 8.42 Å². The molecule has 0 aromatic heterocycles. The van der Waals surface area contributed by atoms with Gasteiger partial charge in [-0.3, -0.25) is 47.9 Å². The van der Waals surface area contributed by atoms with E-state index in [9.17, 15) is 61.5 Å². The molecule has 474 valence electrons. The Hall–Kier alpha value is -6.21. The summed E-state index contributed by atoms with van der Waals surface area (Å²) < 4.78 is 34.7. The summed E-state index contributed by atoms with van der Waals surface area (Å²) in [4.78, 5) is 154. The largest absolute Gasteiger partial charge is 0.391 e. The van der Waals surface area contributed by atoms with Crippen molar-refractivity contribution >= 4 is 68.9 Å². The lowest BCUT2D eigenvalue weighted by Crippen LogP contribution is -2.62. The van der Waals surface area contributed by atoms with Crippen molar-refractivity contribution in [3.8, 4) is 0 Å². The van der Waals surface area contributed by atoms with E-state index in [1.54, 1.807) is 65.0 Å². The maximum Gasteiger partial charge on any atom is 0.248 e. The minimum absolute atomic E-state index is 0.0444. The summed E-state index contributed by atoms with van der Waals surface area (Å²) in [6, 6.07) is -2.78. The Kier molecular flexibility index (Phi) is 27.3. The topological polar surface area (TPSA) is 293 Å². The molecule has 84 heavy (non-hydrogen) atoms. The van der Waals surface area contributed by atoms with E-state index in [1.807, 2.05) is 27.7 Å². The van der Waals surface area contributed by atoms with Gasteiger partial charge in [-0.05, 0) is 90.0 Å². The van der Waals surface area contributed by atoms with Gasteiger partial charge in [0.05, 0.1) is 30.6 Å². The van der Waals surface area contributed by atoms with Crippen LogP contribution in [0, 0.1) is 17.8 Å². The van der Waals surface area contributed by atoms with Crippen molar-refractivity contribution in [3.05, 3.63) is 35.9 Å². The van der Waals surface area contributed by atoms with Crippen LogP contribution in [0.5, 0.6) is 0 Å². The van der Waals surface area contributed by atoms with Crippen LogP contribution in [0.15, 0.2) is 30.3 Å². The maximum absolute atomic E-state index is 15.0. The van der Waals surface area contributed by atoms with Crippen LogP contribution in [0.2, 0.25) is 0 Å². The first-order valence-corrected chi connectivity index (χ1v) is 31.1. The molecule has 1 aromatic rings. The molecule has 25 heteroatoms. The normalized spacial score (nSPS) is 26.3. The molecule has 24 nitrogen and oxygen atoms in total. The zero-order valence-electron chi connectivity index (χ0n) is 52.8. The van der Waals surface area contributed by atoms with Gasteiger partial charge >= 0.3 is 0 Å². The molecule has 2 saturated heterocycles. The molecular formula is C59H98N10O14S. The Morgan fingerprint density at radius 3 is 1.73 bits per heavy atom. The molecule has 2 fully saturated rings. The first kappa shape index (κ1) is 72.1. The number of aliphatic hydroxyl groups excluding tert-OH is 1. The number of amides is 10. The fourth-order valence-corrected chi connectivity index (χ4v) is 11.7. The second-order valence-electron chi connectivity index (χ2n) is 24.8. The van der Waals surface area contributed by atoms with Crippen molar-refractivity contribution in [1.82, 2.24) is 50.2 Å². The molecule has 2 aliphatic rings. The molecule has 0 radical (unpaired) electrons. The van der Waals surface area contributed by atoms with Crippen molar-refractivity contribution in [2.24, 2.45) is 17.8 Å². The van der Waals surface area contributed by atoms with Gasteiger partial charge in [0.1, 0.15) is 54.1 Å². The van der Waals surface area contributed by atoms with E-state index < -0.39 is 160 Å². The third kappa shape index (κ3) is 20.5. The Balaban J connectivity index is 2.31. The van der Waals surface area contributed by atoms with Crippen molar-refractivity contribution in [2.75, 3.05) is 80.0 Å². The highest BCUT2D eigenvalue weighted by Crippen LogP contribution is 2.22. The zero-order chi connectivity index (χ0) is 63.9. The number of likely N-dealkylation sites (tertiary alicyclic amines) is 1. The molecule has 0 bridgehead atoms. The smallest absolute Gasteiger partial charge is 0.248 e. The van der Waals surface area contributed by atoms with Crippen LogP contribution in [0.25, 0.3) is 0 Å². The number of rotatable bonds is 12. The van der Waals surface area contributed by atoms with E-state index in [4.69, 9.17) is 4.74 Å². The van der Waals surface area contributed by atoms with Crippen molar-refractivity contribution in [2.45, 2.75) is 181 Å². The molecule has 0 saturated carbocycles. The Bertz CT molecular complexity index is 2570. The van der Waals surface area contributed by atoms with Gasteiger partial charge in [-0.15, -0.1) is 0 Å². The molecule has 10 atom stereocenters. The maximum atomic E-state index is 15.0. The fourth-order valence-electron chi connectivity index (χ4n) is 10.2. The third-order valence-corrected chi connectivity index (χ3v) is 17.3. The van der Waals surface area contributed by atoms with E-state index in [2.05, 4.69) is 16.0 Å². The van der Waals surface area contributed by atoms with Gasteiger partial charge in [-0.2, -0.15) is 0 Å². The summed E-state index contributed by atoms with van der Waals surface area (Å²) in [6.07, 6.45) is 0.861. The number of nitrogens with one attached hydrogen (secondary N) is 3. The highest BCUT2D eigenvalue weighted by Gasteiger charge is 2.43. The minimum atomic E-state index is -4.62. The van der Waals surface area contributed by atoms with E-state index in [0.717, 1.165) is 35.8 Å². The molecule has 1 aromatic carbocycles. The average Bonchev–Trinajstić information content (AvgIpc) is 3.50. The predicted octanol–water partition coefficient (Wildman–Crippen LogP) is 1.07. The van der Waals surface area contributed by atoms with Crippen LogP contribution < -0.4 is 16.0 Å². The van der Waals surface area contributed by atoms with Crippen LogP contribution in [0.3, 0.4) is 0 Å². The summed E-state index contributed by atoms with van der Waals surface area (Å²) >= 11 is 0. The van der Waals surface area contributed by atoms with Gasteiger partial charge in [0.25, 0.3) is 0 Å². The molecule has 0 aliphatic carbocycles. The number of carbonyl (C=O) groups is 10. The lowest BCUT2D eigenvalue weighted by atomic mass is 9.95. The number of aliphatic hydroxyl groups is 1. The molecular weight excluding hydrogens is 1100 g/mol. The summed E-state index contributed by atoms with van der Waals surface area (Å²) in [5.41, 5.74) is -0.227. The number of benzene rings is 1. The first-order chi connectivity index (χ1) is 38.9. The van der Waals surface area contributed by atoms with Crippen molar-refractivity contribution < 1.29 is 66.2 Å². The second kappa shape index (κ2) is 31.8. The van der Waals surface area contributed by atoms with Crippen LogP contribution in [-0.2, 0) is 68.9 Å². The third-order valence-electron chi connectivity index (χ3n) is 15.7. The molecule has 3 rings (SSSR count). The molecule has 10 amide bonds. The molecule has 0 spiro atoms. The number of sulfone groups is 1. The van der Waals surface area contributed by atoms with E-state index in [-0.39, 0.29) is 44.2 Å². The van der Waals surface area contributed by atoms with Crippen LogP contribution >= 0.6 is 0 Å². The lowest BCUT2D eigenvalue weighted by Gasteiger charge is -2.38. The lowest BCUT2D eigenvalue weighted by molar-refractivity contribution is -0.151. The Morgan fingerprint density at radius 1 is 0.667 bits per heavy atom. The van der Waals surface area contributed by atoms with Gasteiger partial charge < -0.3 is 60.1 Å². The van der Waals surface area contributed by atoms with E-state index in [1.165, 1.54) is 61.0 Å². The van der Waals surface area contributed by atoms with Crippen LogP contribution in [0.1, 0.15) is 120 Å². The average molecular weight is 1200 g/mol. The second-order valence-corrected chi connectivity index (χ2v) is 26.9. The number of nitrogens with zero attached hydrogens (tertiary/aromatic N) is 7. The van der Waals surface area contributed by atoms with Crippen LogP contribution in [0.4, 0.5) is 0 Å². The first-order valence-electron chi connectivity index (χ1n) is 29.3. The molecule has 4 N–H and O–H groups in total. The molecule has 2 aliphatic heterocycles. The van der Waals surface area contributed by atoms with Gasteiger partial charge in [0, 0.05) is 61.8 Å². The summed E-state index contributed by atoms with van der Waals surface area (Å²) in [6.45, 7) is 18.0. The monoisotopic (exact) mass is 1200 g/mol. The standard InChI is InChI=1S/C59H98N10O14S/c1-18-38(6)50-53(75)61-43(56(78)69-27-23-20-24-28-69)34-84(81,82)35-48(72)64(13)39(7)54(76)67(16)46(31-41-25-21-19-22-26-41)57(79)66(15)45(30-37(4)5)52(74)62-49(40(8)70)58(80)63(12)32-47(71)65(14)44(29-36(2)3)51(73)60-42(55(77)68(50)17)33-83-59(9,10)11/h19,21-22,25-26,36-40,42-46,49-50,70H,18,20,23-24,27-35H2,1-17H3,(H,60,73)(H,61,75)(H,62,74)/t38-,39?,40+,42?,43?,44?,45?,46?,49?,50?/m0/s1. The van der Waals surface area contributed by atoms with E-state index in [0.29, 0.717) is 24.8 Å². The number of carbonyl (C=O) groups excluding carboxylic acids is 10. The molecule has 8 unspecified atom stereocenters. The summed E-state index contributed by atoms with van der Waals surface area (Å²) in [7, 11) is 3.30. The number of piperidine rings is 1. The highest BCUT2D eigenvalue weighted by atomic mass is 32.2. The fraction of sp³-hybridized carbons (Fsp3) is 0.729. The Morgan fingerprint density at radius 2 is 1.20 bits per heavy atom. The van der Waals surface area contributed by atoms with Crippen molar-refractivity contribution in [3.63, 3.8) is 0 Å². The van der Waals surface area contributed by atoms with Gasteiger partial charge in [0.15, 0.2) is 9.84 Å². The zero-order valence-corrected chi connectivity index (χ0v) is 53.6. The SMILES string of the molecule is CC[C@H](C)C1C(=O)NC(C(=O)N2CCCCC2)CS(=O)(=O)CC(=O)N(C)C(C)C(=O)N(C)C(Cc2ccccc2)C(=O)N(C)C(CC(C)C)C(=O)NC([C@@H](C)O)C(=O)N(C)CC(=O)N(C)C(CC(C)C)C(=O)NC(COC(C)(C)C)C(=O)N1C. The molecule has 2 heterocycles. The number of ether oxygens (including phenoxy) is 1. The van der Waals surface area contributed by atoms with Crippen LogP contribution in [-0.4, -0.2) is 247 Å². The summed E-state index contributed by atoms with van der Waals surface area (Å²) in [5, 5.41) is 19.1.